The third-order valence-corrected chi connectivity index (χ3v) is 8.87. The van der Waals surface area contributed by atoms with Gasteiger partial charge in [0.15, 0.2) is 23.7 Å². The number of ether oxygens (including phenoxy) is 3. The fourth-order valence-corrected chi connectivity index (χ4v) is 6.33. The van der Waals surface area contributed by atoms with Crippen LogP contribution in [-0.2, 0) is 9.47 Å². The SMILES string of the molecule is CCCCC1COC(C2CCC(C/C=C\CC3CCC(C(F)(F)Oc4cc(F)c(F)c(F)c4)CC3)CC2)OC1. The second kappa shape index (κ2) is 14.3. The van der Waals surface area contributed by atoms with Gasteiger partial charge in [-0.05, 0) is 82.5 Å². The zero-order chi connectivity index (χ0) is 27.8. The lowest BCUT2D eigenvalue weighted by atomic mass is 9.79. The quantitative estimate of drug-likeness (QED) is 0.154. The molecule has 1 aromatic carbocycles. The predicted octanol–water partition coefficient (Wildman–Crippen LogP) is 9.20. The summed E-state index contributed by atoms with van der Waals surface area (Å²) in [6, 6.07) is 0.909. The first-order chi connectivity index (χ1) is 18.7. The number of hydrogen-bond donors (Lipinski definition) is 0. The second-order valence-electron chi connectivity index (χ2n) is 11.8. The molecule has 3 fully saturated rings. The van der Waals surface area contributed by atoms with Crippen LogP contribution in [0.5, 0.6) is 5.75 Å². The van der Waals surface area contributed by atoms with Crippen molar-refractivity contribution in [2.45, 2.75) is 103 Å². The summed E-state index contributed by atoms with van der Waals surface area (Å²) in [5.41, 5.74) is 0. The Morgan fingerprint density at radius 3 is 1.90 bits per heavy atom. The molecule has 2 saturated carbocycles. The van der Waals surface area contributed by atoms with Crippen LogP contribution in [0.15, 0.2) is 24.3 Å². The summed E-state index contributed by atoms with van der Waals surface area (Å²) in [7, 11) is 0. The van der Waals surface area contributed by atoms with Crippen molar-refractivity contribution in [1.29, 1.82) is 0 Å². The highest BCUT2D eigenvalue weighted by Gasteiger charge is 2.44. The minimum atomic E-state index is -3.57. The van der Waals surface area contributed by atoms with E-state index in [1.165, 1.54) is 32.1 Å². The zero-order valence-corrected chi connectivity index (χ0v) is 23.0. The Morgan fingerprint density at radius 2 is 1.36 bits per heavy atom. The van der Waals surface area contributed by atoms with Crippen LogP contribution in [0, 0.1) is 47.0 Å². The van der Waals surface area contributed by atoms with Crippen LogP contribution in [0.1, 0.15) is 90.4 Å². The van der Waals surface area contributed by atoms with Gasteiger partial charge in [-0.2, -0.15) is 8.78 Å². The van der Waals surface area contributed by atoms with Gasteiger partial charge in [-0.15, -0.1) is 0 Å². The number of allylic oxidation sites excluding steroid dienone is 2. The Hall–Kier alpha value is -1.67. The lowest BCUT2D eigenvalue weighted by Crippen LogP contribution is -2.38. The third-order valence-electron chi connectivity index (χ3n) is 8.87. The lowest BCUT2D eigenvalue weighted by Gasteiger charge is -2.37. The molecule has 0 amide bonds. The predicted molar refractivity (Wildman–Crippen MR) is 140 cm³/mol. The van der Waals surface area contributed by atoms with Gasteiger partial charge < -0.3 is 14.2 Å². The van der Waals surface area contributed by atoms with Crippen LogP contribution < -0.4 is 4.74 Å². The summed E-state index contributed by atoms with van der Waals surface area (Å²) in [4.78, 5) is 0. The maximum absolute atomic E-state index is 14.6. The molecule has 1 saturated heterocycles. The van der Waals surface area contributed by atoms with E-state index in [0.29, 0.717) is 48.6 Å². The Balaban J connectivity index is 1.11. The highest BCUT2D eigenvalue weighted by Crippen LogP contribution is 2.41. The number of hydrogen-bond acceptors (Lipinski definition) is 3. The van der Waals surface area contributed by atoms with Crippen LogP contribution in [0.4, 0.5) is 22.0 Å². The Kier molecular flexibility index (Phi) is 11.1. The minimum absolute atomic E-state index is 0.0368. The van der Waals surface area contributed by atoms with Gasteiger partial charge in [0.25, 0.3) is 0 Å². The number of unbranched alkanes of at least 4 members (excludes halogenated alkanes) is 1. The van der Waals surface area contributed by atoms with E-state index in [9.17, 15) is 22.0 Å². The van der Waals surface area contributed by atoms with E-state index in [2.05, 4.69) is 23.8 Å². The first-order valence-corrected chi connectivity index (χ1v) is 14.8. The van der Waals surface area contributed by atoms with Crippen LogP contribution in [0.2, 0.25) is 0 Å². The van der Waals surface area contributed by atoms with E-state index in [4.69, 9.17) is 9.47 Å². The van der Waals surface area contributed by atoms with E-state index in [0.717, 1.165) is 38.9 Å². The van der Waals surface area contributed by atoms with E-state index in [1.807, 2.05) is 0 Å². The maximum Gasteiger partial charge on any atom is 0.400 e. The number of rotatable bonds is 11. The molecule has 0 unspecified atom stereocenters. The van der Waals surface area contributed by atoms with Crippen molar-refractivity contribution in [3.8, 4) is 5.75 Å². The minimum Gasteiger partial charge on any atom is -0.432 e. The molecule has 0 aromatic heterocycles. The summed E-state index contributed by atoms with van der Waals surface area (Å²) < 4.78 is 85.8. The normalized spacial score (nSPS) is 30.5. The van der Waals surface area contributed by atoms with Crippen molar-refractivity contribution in [2.24, 2.45) is 29.6 Å². The Labute approximate surface area is 229 Å². The summed E-state index contributed by atoms with van der Waals surface area (Å²) in [6.07, 6.45) is 12.9. The molecule has 2 aliphatic carbocycles. The highest BCUT2D eigenvalue weighted by atomic mass is 19.3. The molecule has 1 aliphatic heterocycles. The van der Waals surface area contributed by atoms with E-state index in [-0.39, 0.29) is 19.1 Å². The monoisotopic (exact) mass is 558 g/mol. The molecule has 220 valence electrons. The average molecular weight is 559 g/mol. The van der Waals surface area contributed by atoms with E-state index < -0.39 is 35.2 Å². The van der Waals surface area contributed by atoms with Gasteiger partial charge in [-0.3, -0.25) is 0 Å². The molecule has 8 heteroatoms. The van der Waals surface area contributed by atoms with Gasteiger partial charge in [-0.25, -0.2) is 13.2 Å². The fourth-order valence-electron chi connectivity index (χ4n) is 6.33. The molecular formula is C31H43F5O3. The Morgan fingerprint density at radius 1 is 0.821 bits per heavy atom. The van der Waals surface area contributed by atoms with Gasteiger partial charge in [0.05, 0.1) is 19.1 Å². The highest BCUT2D eigenvalue weighted by molar-refractivity contribution is 5.25. The zero-order valence-electron chi connectivity index (χ0n) is 23.0. The van der Waals surface area contributed by atoms with Crippen molar-refractivity contribution < 1.29 is 36.2 Å². The Bertz CT molecular complexity index is 892. The molecule has 1 heterocycles. The molecule has 3 nitrogen and oxygen atoms in total. The maximum atomic E-state index is 14.6. The van der Waals surface area contributed by atoms with Crippen molar-refractivity contribution in [3.63, 3.8) is 0 Å². The molecule has 39 heavy (non-hydrogen) atoms. The molecule has 1 aromatic rings. The van der Waals surface area contributed by atoms with Crippen molar-refractivity contribution in [3.05, 3.63) is 41.7 Å². The second-order valence-corrected chi connectivity index (χ2v) is 11.8. The van der Waals surface area contributed by atoms with Crippen molar-refractivity contribution >= 4 is 0 Å². The molecule has 3 aliphatic rings. The smallest absolute Gasteiger partial charge is 0.400 e. The standard InChI is InChI=1S/C31H43F5O3/c1-2-3-6-23-19-37-30(38-20-23)24-13-9-21(10-14-24)7-4-5-8-22-11-15-25(16-12-22)31(35,36)39-26-17-27(32)29(34)28(33)18-26/h4-5,17-18,21-25,30H,2-3,6-16,19-20H2,1H3/b5-4-. The van der Waals surface area contributed by atoms with Crippen molar-refractivity contribution in [2.75, 3.05) is 13.2 Å². The summed E-state index contributed by atoms with van der Waals surface area (Å²) in [5, 5.41) is 0. The van der Waals surface area contributed by atoms with Gasteiger partial charge >= 0.3 is 6.11 Å². The van der Waals surface area contributed by atoms with Crippen LogP contribution in [0.3, 0.4) is 0 Å². The topological polar surface area (TPSA) is 27.7 Å². The molecule has 0 spiro atoms. The summed E-state index contributed by atoms with van der Waals surface area (Å²) in [6.45, 7) is 3.87. The van der Waals surface area contributed by atoms with Crippen LogP contribution in [-0.4, -0.2) is 25.6 Å². The van der Waals surface area contributed by atoms with Gasteiger partial charge in [-0.1, -0.05) is 31.9 Å². The molecule has 0 N–H and O–H groups in total. The molecule has 0 radical (unpaired) electrons. The number of alkyl halides is 2. The first-order valence-electron chi connectivity index (χ1n) is 14.8. The largest absolute Gasteiger partial charge is 0.432 e. The third kappa shape index (κ3) is 8.66. The van der Waals surface area contributed by atoms with Gasteiger partial charge in [0.1, 0.15) is 5.75 Å². The molecule has 0 atom stereocenters. The first kappa shape index (κ1) is 30.3. The van der Waals surface area contributed by atoms with Gasteiger partial charge in [0, 0.05) is 24.0 Å². The molecular weight excluding hydrogens is 515 g/mol. The number of halogens is 5. The summed E-state index contributed by atoms with van der Waals surface area (Å²) in [5.74, 6) is -4.49. The van der Waals surface area contributed by atoms with E-state index in [1.54, 1.807) is 0 Å². The fraction of sp³-hybridized carbons (Fsp3) is 0.742. The molecule has 0 bridgehead atoms. The van der Waals surface area contributed by atoms with E-state index >= 15 is 0 Å². The van der Waals surface area contributed by atoms with Crippen LogP contribution in [0.25, 0.3) is 0 Å². The van der Waals surface area contributed by atoms with Crippen molar-refractivity contribution in [1.82, 2.24) is 0 Å². The molecule has 4 rings (SSSR count). The lowest BCUT2D eigenvalue weighted by molar-refractivity contribution is -0.230. The number of benzene rings is 1. The van der Waals surface area contributed by atoms with Gasteiger partial charge in [0.2, 0.25) is 0 Å². The average Bonchev–Trinajstić information content (AvgIpc) is 2.93. The summed E-state index contributed by atoms with van der Waals surface area (Å²) >= 11 is 0. The van der Waals surface area contributed by atoms with Crippen LogP contribution >= 0.6 is 0 Å².